The Morgan fingerprint density at radius 1 is 0.828 bits per heavy atom. The number of nitrogens with one attached hydrogen (secondary N) is 5. The predicted octanol–water partition coefficient (Wildman–Crippen LogP) is 4.68. The SMILES string of the molecule is C1CCCCC1.CCCC(NC(=O)C1Cc2cccc(c2)OCCCCCCC(=O)NCC(=O)N1)C(=O)C(=O)NCC(=O)NC(C(=O)OC(C)(C)C)c1ccccc1. The third kappa shape index (κ3) is 18.3. The molecule has 2 bridgehead atoms. The zero-order valence-corrected chi connectivity index (χ0v) is 34.6. The van der Waals surface area contributed by atoms with Crippen LogP contribution in [-0.2, 0) is 44.7 Å². The van der Waals surface area contributed by atoms with Gasteiger partial charge in [-0.25, -0.2) is 4.79 Å². The van der Waals surface area contributed by atoms with Gasteiger partial charge in [0, 0.05) is 12.8 Å². The summed E-state index contributed by atoms with van der Waals surface area (Å²) in [5, 5.41) is 12.6. The first-order chi connectivity index (χ1) is 27.8. The first-order valence-corrected chi connectivity index (χ1v) is 20.7. The Morgan fingerprint density at radius 2 is 1.48 bits per heavy atom. The van der Waals surface area contributed by atoms with Crippen molar-refractivity contribution < 1.29 is 43.0 Å². The van der Waals surface area contributed by atoms with Crippen molar-refractivity contribution in [3.05, 3.63) is 65.7 Å². The van der Waals surface area contributed by atoms with Crippen LogP contribution in [0.25, 0.3) is 0 Å². The lowest BCUT2D eigenvalue weighted by Gasteiger charge is -2.25. The Labute approximate surface area is 342 Å². The number of ether oxygens (including phenoxy) is 2. The molecule has 0 saturated heterocycles. The van der Waals surface area contributed by atoms with Gasteiger partial charge in [0.1, 0.15) is 17.4 Å². The summed E-state index contributed by atoms with van der Waals surface area (Å²) in [6.45, 7) is 6.36. The van der Waals surface area contributed by atoms with Crippen molar-refractivity contribution in [2.75, 3.05) is 19.7 Å². The second kappa shape index (κ2) is 25.2. The Balaban J connectivity index is 0.00000137. The van der Waals surface area contributed by atoms with Gasteiger partial charge in [-0.3, -0.25) is 28.8 Å². The number of hydrogen-bond donors (Lipinski definition) is 5. The van der Waals surface area contributed by atoms with Crippen LogP contribution < -0.4 is 31.3 Å². The van der Waals surface area contributed by atoms with E-state index < -0.39 is 65.7 Å². The van der Waals surface area contributed by atoms with Gasteiger partial charge in [0.05, 0.1) is 25.7 Å². The number of benzene rings is 2. The quantitative estimate of drug-likeness (QED) is 0.158. The van der Waals surface area contributed by atoms with Crippen LogP contribution in [0.4, 0.5) is 0 Å². The van der Waals surface area contributed by atoms with E-state index in [2.05, 4.69) is 26.6 Å². The summed E-state index contributed by atoms with van der Waals surface area (Å²) in [4.78, 5) is 90.9. The van der Waals surface area contributed by atoms with E-state index in [-0.39, 0.29) is 31.7 Å². The molecule has 0 radical (unpaired) electrons. The van der Waals surface area contributed by atoms with Crippen LogP contribution in [0.5, 0.6) is 5.75 Å². The summed E-state index contributed by atoms with van der Waals surface area (Å²) >= 11 is 0. The lowest BCUT2D eigenvalue weighted by atomic mass is 10.0. The largest absolute Gasteiger partial charge is 0.494 e. The zero-order chi connectivity index (χ0) is 42.3. The molecule has 1 heterocycles. The van der Waals surface area contributed by atoms with Crippen molar-refractivity contribution in [1.29, 1.82) is 0 Å². The van der Waals surface area contributed by atoms with E-state index in [0.29, 0.717) is 36.3 Å². The summed E-state index contributed by atoms with van der Waals surface area (Å²) < 4.78 is 11.3. The van der Waals surface area contributed by atoms with Crippen molar-refractivity contribution in [3.63, 3.8) is 0 Å². The Hall–Kier alpha value is -5.27. The molecule has 2 aromatic rings. The number of fused-ring (bicyclic) bond motifs is 2. The van der Waals surface area contributed by atoms with E-state index in [1.807, 2.05) is 0 Å². The number of esters is 1. The summed E-state index contributed by atoms with van der Waals surface area (Å²) in [5.41, 5.74) is 0.315. The monoisotopic (exact) mass is 805 g/mol. The van der Waals surface area contributed by atoms with Gasteiger partial charge in [-0.15, -0.1) is 0 Å². The van der Waals surface area contributed by atoms with E-state index >= 15 is 0 Å². The minimum Gasteiger partial charge on any atom is -0.494 e. The molecule has 3 atom stereocenters. The molecular weight excluding hydrogens is 743 g/mol. The lowest BCUT2D eigenvalue weighted by molar-refractivity contribution is -0.158. The highest BCUT2D eigenvalue weighted by Crippen LogP contribution is 2.19. The maximum Gasteiger partial charge on any atom is 0.333 e. The van der Waals surface area contributed by atoms with E-state index in [9.17, 15) is 33.6 Å². The van der Waals surface area contributed by atoms with Crippen LogP contribution in [-0.4, -0.2) is 78.7 Å². The first kappa shape index (κ1) is 47.1. The van der Waals surface area contributed by atoms with Crippen LogP contribution in [0.15, 0.2) is 54.6 Å². The molecule has 14 heteroatoms. The van der Waals surface area contributed by atoms with Crippen LogP contribution >= 0.6 is 0 Å². The maximum atomic E-state index is 13.6. The van der Waals surface area contributed by atoms with Crippen LogP contribution in [0.1, 0.15) is 128 Å². The molecule has 5 amide bonds. The Bertz CT molecular complexity index is 1640. The highest BCUT2D eigenvalue weighted by molar-refractivity contribution is 6.38. The normalized spacial score (nSPS) is 17.8. The van der Waals surface area contributed by atoms with Gasteiger partial charge in [-0.1, -0.05) is 107 Å². The molecule has 0 spiro atoms. The Kier molecular flexibility index (Phi) is 20.4. The van der Waals surface area contributed by atoms with Crippen molar-refractivity contribution >= 4 is 41.3 Å². The highest BCUT2D eigenvalue weighted by Gasteiger charge is 2.32. The predicted molar refractivity (Wildman–Crippen MR) is 219 cm³/mol. The Morgan fingerprint density at radius 3 is 2.14 bits per heavy atom. The van der Waals surface area contributed by atoms with E-state index in [0.717, 1.165) is 19.3 Å². The summed E-state index contributed by atoms with van der Waals surface area (Å²) in [7, 11) is 0. The van der Waals surface area contributed by atoms with Gasteiger partial charge in [-0.2, -0.15) is 0 Å². The number of Topliss-reactive ketones (excluding diaryl/α,β-unsaturated/α-hetero) is 1. The fraction of sp³-hybridized carbons (Fsp3) is 0.568. The number of carbonyl (C=O) groups excluding carboxylic acids is 7. The van der Waals surface area contributed by atoms with Crippen LogP contribution in [0, 0.1) is 0 Å². The average molecular weight is 806 g/mol. The molecule has 2 aromatic carbocycles. The summed E-state index contributed by atoms with van der Waals surface area (Å²) in [5.74, 6) is -4.56. The molecule has 58 heavy (non-hydrogen) atoms. The molecule has 2 aliphatic rings. The van der Waals surface area contributed by atoms with Crippen molar-refractivity contribution in [2.45, 2.75) is 141 Å². The van der Waals surface area contributed by atoms with Gasteiger partial charge in [0.2, 0.25) is 29.4 Å². The molecule has 1 fully saturated rings. The average Bonchev–Trinajstić information content (AvgIpc) is 3.20. The van der Waals surface area contributed by atoms with Gasteiger partial charge in [-0.05, 0) is 63.3 Å². The number of ketones is 1. The molecule has 1 aliphatic carbocycles. The smallest absolute Gasteiger partial charge is 0.333 e. The number of amides is 5. The minimum absolute atomic E-state index is 0.0301. The number of rotatable bonds is 11. The summed E-state index contributed by atoms with van der Waals surface area (Å²) in [6, 6.07) is 11.9. The molecule has 318 valence electrons. The van der Waals surface area contributed by atoms with Crippen molar-refractivity contribution in [2.24, 2.45) is 0 Å². The van der Waals surface area contributed by atoms with Crippen molar-refractivity contribution in [1.82, 2.24) is 26.6 Å². The van der Waals surface area contributed by atoms with Crippen LogP contribution in [0.2, 0.25) is 0 Å². The van der Waals surface area contributed by atoms with Crippen LogP contribution in [0.3, 0.4) is 0 Å². The number of hydrogen-bond acceptors (Lipinski definition) is 9. The van der Waals surface area contributed by atoms with E-state index in [4.69, 9.17) is 9.47 Å². The standard InChI is InChI=1S/C38H51N5O9.C6H12/c1-5-14-28(34(47)36(49)40-24-32(46)43-33(26-16-9-8-10-17-26)37(50)52-38(2,3)4)42-35(48)29-22-25-15-13-18-27(21-25)51-20-12-7-6-11-19-30(44)39-23-31(45)41-29;1-2-4-6-5-3-1/h8-10,13,15-18,21,28-29,33H,5-7,11-12,14,19-20,22-24H2,1-4H3,(H,39,44)(H,40,49)(H,41,45)(H,42,48)(H,43,46);1-6H2. The second-order valence-electron chi connectivity index (χ2n) is 15.7. The third-order valence-electron chi connectivity index (χ3n) is 9.43. The molecule has 14 nitrogen and oxygen atoms in total. The second-order valence-corrected chi connectivity index (χ2v) is 15.7. The van der Waals surface area contributed by atoms with E-state index in [1.54, 1.807) is 82.3 Å². The lowest BCUT2D eigenvalue weighted by Crippen LogP contribution is -2.55. The van der Waals surface area contributed by atoms with Gasteiger partial charge < -0.3 is 36.1 Å². The van der Waals surface area contributed by atoms with Crippen molar-refractivity contribution in [3.8, 4) is 5.75 Å². The maximum absolute atomic E-state index is 13.6. The fourth-order valence-electron chi connectivity index (χ4n) is 6.44. The topological polar surface area (TPSA) is 198 Å². The molecule has 4 rings (SSSR count). The van der Waals surface area contributed by atoms with Gasteiger partial charge >= 0.3 is 5.97 Å². The minimum atomic E-state index is -1.27. The van der Waals surface area contributed by atoms with Gasteiger partial charge in [0.15, 0.2) is 6.04 Å². The first-order valence-electron chi connectivity index (χ1n) is 20.7. The van der Waals surface area contributed by atoms with Gasteiger partial charge in [0.25, 0.3) is 5.91 Å². The van der Waals surface area contributed by atoms with E-state index in [1.165, 1.54) is 38.5 Å². The fourth-order valence-corrected chi connectivity index (χ4v) is 6.44. The zero-order valence-electron chi connectivity index (χ0n) is 34.6. The third-order valence-corrected chi connectivity index (χ3v) is 9.43. The molecule has 3 unspecified atom stereocenters. The molecule has 1 saturated carbocycles. The molecule has 0 aromatic heterocycles. The molecule has 5 N–H and O–H groups in total. The number of carbonyl (C=O) groups is 7. The summed E-state index contributed by atoms with van der Waals surface area (Å²) in [6.07, 6.45) is 13.0. The highest BCUT2D eigenvalue weighted by atomic mass is 16.6. The molecule has 1 aliphatic heterocycles. The molecular formula is C44H63N5O9.